The molecule has 1 atom stereocenters. The molecule has 0 bridgehead atoms. The monoisotopic (exact) mass is 348 g/mol. The van der Waals surface area contributed by atoms with Gasteiger partial charge in [0.05, 0.1) is 31.1 Å². The smallest absolute Gasteiger partial charge is 0.317 e. The zero-order valence-electron chi connectivity index (χ0n) is 14.9. The van der Waals surface area contributed by atoms with E-state index >= 15 is 0 Å². The quantitative estimate of drug-likeness (QED) is 0.868. The van der Waals surface area contributed by atoms with Crippen molar-refractivity contribution in [1.82, 2.24) is 20.1 Å². The van der Waals surface area contributed by atoms with Gasteiger partial charge in [0.1, 0.15) is 0 Å². The second kappa shape index (κ2) is 9.12. The number of likely N-dealkylation sites (tertiary alicyclic amines) is 1. The largest absolute Gasteiger partial charge is 0.381 e. The summed E-state index contributed by atoms with van der Waals surface area (Å²) in [5.74, 6) is 0. The lowest BCUT2D eigenvalue weighted by atomic mass is 10.1. The van der Waals surface area contributed by atoms with Crippen molar-refractivity contribution in [3.63, 3.8) is 0 Å². The summed E-state index contributed by atoms with van der Waals surface area (Å²) in [6, 6.07) is 6.01. The summed E-state index contributed by atoms with van der Waals surface area (Å²) in [6.07, 6.45) is 3.88. The van der Waals surface area contributed by atoms with Gasteiger partial charge in [-0.1, -0.05) is 6.07 Å². The van der Waals surface area contributed by atoms with Crippen molar-refractivity contribution >= 4 is 6.03 Å². The fourth-order valence-corrected chi connectivity index (χ4v) is 3.47. The molecule has 7 nitrogen and oxygen atoms in total. The number of nitrogens with one attached hydrogen (secondary N) is 1. The van der Waals surface area contributed by atoms with Crippen molar-refractivity contribution < 1.29 is 14.3 Å². The molecule has 3 heterocycles. The highest BCUT2D eigenvalue weighted by Gasteiger charge is 2.26. The van der Waals surface area contributed by atoms with Crippen molar-refractivity contribution in [3.05, 3.63) is 30.1 Å². The van der Waals surface area contributed by atoms with Gasteiger partial charge in [0.2, 0.25) is 0 Å². The van der Waals surface area contributed by atoms with Crippen LogP contribution >= 0.6 is 0 Å². The topological polar surface area (TPSA) is 66.9 Å². The molecule has 7 heteroatoms. The number of ether oxygens (including phenoxy) is 2. The number of rotatable bonds is 5. The second-order valence-corrected chi connectivity index (χ2v) is 6.53. The Kier molecular flexibility index (Phi) is 6.61. The Labute approximate surface area is 149 Å². The van der Waals surface area contributed by atoms with Gasteiger partial charge in [-0.15, -0.1) is 0 Å². The first-order chi connectivity index (χ1) is 12.3. The number of carbonyl (C=O) groups is 1. The van der Waals surface area contributed by atoms with Gasteiger partial charge < -0.3 is 19.7 Å². The van der Waals surface area contributed by atoms with Crippen molar-refractivity contribution in [2.75, 3.05) is 53.0 Å². The van der Waals surface area contributed by atoms with Gasteiger partial charge in [-0.2, -0.15) is 0 Å². The molecule has 138 valence electrons. The van der Waals surface area contributed by atoms with E-state index in [0.717, 1.165) is 57.9 Å². The van der Waals surface area contributed by atoms with Crippen LogP contribution in [0.4, 0.5) is 4.79 Å². The van der Waals surface area contributed by atoms with Gasteiger partial charge in [-0.05, 0) is 25.0 Å². The van der Waals surface area contributed by atoms with Gasteiger partial charge in [0, 0.05) is 46.0 Å². The van der Waals surface area contributed by atoms with Crippen LogP contribution in [0.1, 0.15) is 24.6 Å². The summed E-state index contributed by atoms with van der Waals surface area (Å²) in [6.45, 7) is 5.21. The van der Waals surface area contributed by atoms with Crippen molar-refractivity contribution in [2.24, 2.45) is 0 Å². The van der Waals surface area contributed by atoms with E-state index in [9.17, 15) is 4.79 Å². The number of hydrogen-bond donors (Lipinski definition) is 1. The van der Waals surface area contributed by atoms with Crippen molar-refractivity contribution in [2.45, 2.75) is 25.0 Å². The number of methoxy groups -OCH3 is 1. The predicted molar refractivity (Wildman–Crippen MR) is 94.4 cm³/mol. The molecule has 2 aliphatic rings. The fraction of sp³-hybridized carbons (Fsp3) is 0.667. The maximum absolute atomic E-state index is 12.5. The lowest BCUT2D eigenvalue weighted by Gasteiger charge is -2.35. The first-order valence-corrected chi connectivity index (χ1v) is 9.06. The third kappa shape index (κ3) is 4.90. The van der Waals surface area contributed by atoms with E-state index in [-0.39, 0.29) is 18.2 Å². The number of pyridine rings is 1. The average molecular weight is 348 g/mol. The minimum Gasteiger partial charge on any atom is -0.381 e. The van der Waals surface area contributed by atoms with E-state index in [1.54, 1.807) is 13.3 Å². The number of piperidine rings is 1. The third-order valence-electron chi connectivity index (χ3n) is 5.02. The Morgan fingerprint density at radius 3 is 2.72 bits per heavy atom. The van der Waals surface area contributed by atoms with Crippen LogP contribution in [0.3, 0.4) is 0 Å². The number of morpholine rings is 1. The maximum atomic E-state index is 12.5. The maximum Gasteiger partial charge on any atom is 0.317 e. The normalized spacial score (nSPS) is 21.1. The highest BCUT2D eigenvalue weighted by atomic mass is 16.5. The number of nitrogens with zero attached hydrogens (tertiary/aromatic N) is 3. The summed E-state index contributed by atoms with van der Waals surface area (Å²) in [4.78, 5) is 21.2. The molecule has 1 aromatic heterocycles. The molecule has 0 spiro atoms. The molecule has 0 aromatic carbocycles. The van der Waals surface area contributed by atoms with Crippen LogP contribution in [0.2, 0.25) is 0 Å². The standard InChI is InChI=1S/C18H28N4O3/c1-24-15-5-8-22(9-6-15)18(23)20-14-17(16-4-2-3-7-19-16)21-10-12-25-13-11-21/h2-4,7,15,17H,5-6,8-14H2,1H3,(H,20,23). The lowest BCUT2D eigenvalue weighted by Crippen LogP contribution is -2.49. The Balaban J connectivity index is 1.57. The van der Waals surface area contributed by atoms with Gasteiger partial charge in [-0.3, -0.25) is 9.88 Å². The number of amides is 2. The highest BCUT2D eigenvalue weighted by molar-refractivity contribution is 5.74. The minimum atomic E-state index is 0.00347. The Morgan fingerprint density at radius 1 is 1.32 bits per heavy atom. The summed E-state index contributed by atoms with van der Waals surface area (Å²) < 4.78 is 10.8. The van der Waals surface area contributed by atoms with Crippen LogP contribution in [0.15, 0.2) is 24.4 Å². The first-order valence-electron chi connectivity index (χ1n) is 9.06. The lowest BCUT2D eigenvalue weighted by molar-refractivity contribution is 0.0152. The predicted octanol–water partition coefficient (Wildman–Crippen LogP) is 1.28. The molecular weight excluding hydrogens is 320 g/mol. The van der Waals surface area contributed by atoms with Gasteiger partial charge in [0.25, 0.3) is 0 Å². The fourth-order valence-electron chi connectivity index (χ4n) is 3.47. The van der Waals surface area contributed by atoms with E-state index in [4.69, 9.17) is 9.47 Å². The third-order valence-corrected chi connectivity index (χ3v) is 5.02. The molecule has 3 rings (SSSR count). The molecule has 2 saturated heterocycles. The van der Waals surface area contributed by atoms with Crippen LogP contribution in [0, 0.1) is 0 Å². The SMILES string of the molecule is COC1CCN(C(=O)NCC(c2ccccn2)N2CCOCC2)CC1. The molecule has 2 aliphatic heterocycles. The van der Waals surface area contributed by atoms with E-state index < -0.39 is 0 Å². The molecule has 0 saturated carbocycles. The highest BCUT2D eigenvalue weighted by Crippen LogP contribution is 2.19. The van der Waals surface area contributed by atoms with E-state index in [0.29, 0.717) is 6.54 Å². The van der Waals surface area contributed by atoms with E-state index in [1.807, 2.05) is 23.1 Å². The van der Waals surface area contributed by atoms with Crippen LogP contribution < -0.4 is 5.32 Å². The van der Waals surface area contributed by atoms with Gasteiger partial charge in [-0.25, -0.2) is 4.79 Å². The van der Waals surface area contributed by atoms with Crippen LogP contribution in [0.5, 0.6) is 0 Å². The first kappa shape index (κ1) is 18.1. The molecule has 2 amide bonds. The Bertz CT molecular complexity index is 528. The number of hydrogen-bond acceptors (Lipinski definition) is 5. The Morgan fingerprint density at radius 2 is 2.08 bits per heavy atom. The van der Waals surface area contributed by atoms with Crippen LogP contribution in [0.25, 0.3) is 0 Å². The second-order valence-electron chi connectivity index (χ2n) is 6.53. The van der Waals surface area contributed by atoms with E-state index in [1.165, 1.54) is 0 Å². The molecule has 1 aromatic rings. The molecular formula is C18H28N4O3. The van der Waals surface area contributed by atoms with Crippen molar-refractivity contribution in [1.29, 1.82) is 0 Å². The number of urea groups is 1. The molecule has 0 radical (unpaired) electrons. The number of carbonyl (C=O) groups excluding carboxylic acids is 1. The zero-order valence-corrected chi connectivity index (χ0v) is 14.9. The van der Waals surface area contributed by atoms with Crippen LogP contribution in [-0.2, 0) is 9.47 Å². The van der Waals surface area contributed by atoms with Gasteiger partial charge >= 0.3 is 6.03 Å². The summed E-state index contributed by atoms with van der Waals surface area (Å²) in [5, 5.41) is 3.10. The minimum absolute atomic E-state index is 0.00347. The molecule has 0 aliphatic carbocycles. The summed E-state index contributed by atoms with van der Waals surface area (Å²) in [7, 11) is 1.74. The molecule has 25 heavy (non-hydrogen) atoms. The summed E-state index contributed by atoms with van der Waals surface area (Å²) in [5.41, 5.74) is 0.989. The van der Waals surface area contributed by atoms with Gasteiger partial charge in [0.15, 0.2) is 0 Å². The molecule has 1 N–H and O–H groups in total. The summed E-state index contributed by atoms with van der Waals surface area (Å²) >= 11 is 0. The molecule has 2 fully saturated rings. The molecule has 1 unspecified atom stereocenters. The Hall–Kier alpha value is -1.70. The number of aromatic nitrogens is 1. The van der Waals surface area contributed by atoms with Crippen molar-refractivity contribution in [3.8, 4) is 0 Å². The average Bonchev–Trinajstić information content (AvgIpc) is 2.70. The van der Waals surface area contributed by atoms with E-state index in [2.05, 4.69) is 15.2 Å². The zero-order chi connectivity index (χ0) is 17.5. The van der Waals surface area contributed by atoms with Crippen LogP contribution in [-0.4, -0.2) is 80.0 Å².